The number of rotatable bonds is 3. The number of piperidine rings is 1. The molecular formula is C9H16N2O3. The van der Waals surface area contributed by atoms with E-state index >= 15 is 0 Å². The Morgan fingerprint density at radius 2 is 2.50 bits per heavy atom. The van der Waals surface area contributed by atoms with E-state index in [2.05, 4.69) is 10.6 Å². The molecule has 1 aliphatic rings. The summed E-state index contributed by atoms with van der Waals surface area (Å²) < 4.78 is 0. The quantitative estimate of drug-likeness (QED) is 0.547. The van der Waals surface area contributed by atoms with Crippen molar-refractivity contribution >= 4 is 11.8 Å². The summed E-state index contributed by atoms with van der Waals surface area (Å²) in [6, 6.07) is -0.222. The molecule has 1 saturated heterocycles. The zero-order chi connectivity index (χ0) is 10.6. The van der Waals surface area contributed by atoms with Gasteiger partial charge in [-0.1, -0.05) is 0 Å². The van der Waals surface area contributed by atoms with Gasteiger partial charge in [0.2, 0.25) is 11.8 Å². The van der Waals surface area contributed by atoms with Crippen LogP contribution < -0.4 is 10.6 Å². The van der Waals surface area contributed by atoms with Crippen molar-refractivity contribution in [3.63, 3.8) is 0 Å². The van der Waals surface area contributed by atoms with E-state index in [1.165, 1.54) is 0 Å². The molecule has 0 aromatic rings. The van der Waals surface area contributed by atoms with Crippen LogP contribution in [0.2, 0.25) is 0 Å². The normalized spacial score (nSPS) is 23.9. The Bertz CT molecular complexity index is 220. The molecule has 0 aromatic carbocycles. The van der Waals surface area contributed by atoms with Gasteiger partial charge in [0.1, 0.15) is 0 Å². The van der Waals surface area contributed by atoms with Crippen LogP contribution in [-0.2, 0) is 9.59 Å². The number of amides is 2. The maximum absolute atomic E-state index is 11.5. The SMILES string of the molecule is C[C@@H](CO)NC(=O)C1CCC(=O)NC1. The summed E-state index contributed by atoms with van der Waals surface area (Å²) >= 11 is 0. The summed E-state index contributed by atoms with van der Waals surface area (Å²) in [5, 5.41) is 14.1. The van der Waals surface area contributed by atoms with E-state index in [1.54, 1.807) is 6.92 Å². The Labute approximate surface area is 82.9 Å². The van der Waals surface area contributed by atoms with Crippen LogP contribution in [-0.4, -0.2) is 36.1 Å². The maximum Gasteiger partial charge on any atom is 0.225 e. The minimum Gasteiger partial charge on any atom is -0.394 e. The number of nitrogens with one attached hydrogen (secondary N) is 2. The first-order valence-electron chi connectivity index (χ1n) is 4.81. The lowest BCUT2D eigenvalue weighted by molar-refractivity contribution is -0.129. The molecule has 80 valence electrons. The number of hydrogen-bond acceptors (Lipinski definition) is 3. The van der Waals surface area contributed by atoms with Crippen LogP contribution in [0.4, 0.5) is 0 Å². The van der Waals surface area contributed by atoms with Crippen LogP contribution in [0.15, 0.2) is 0 Å². The number of carbonyl (C=O) groups excluding carboxylic acids is 2. The number of aliphatic hydroxyl groups excluding tert-OH is 1. The summed E-state index contributed by atoms with van der Waals surface area (Å²) in [5.74, 6) is -0.238. The van der Waals surface area contributed by atoms with Gasteiger partial charge in [0.05, 0.1) is 12.5 Å². The van der Waals surface area contributed by atoms with E-state index in [-0.39, 0.29) is 30.4 Å². The van der Waals surface area contributed by atoms with Crippen molar-refractivity contribution in [3.05, 3.63) is 0 Å². The maximum atomic E-state index is 11.5. The van der Waals surface area contributed by atoms with Gasteiger partial charge in [-0.15, -0.1) is 0 Å². The van der Waals surface area contributed by atoms with E-state index in [0.717, 1.165) is 0 Å². The second-order valence-electron chi connectivity index (χ2n) is 3.63. The van der Waals surface area contributed by atoms with Crippen LogP contribution >= 0.6 is 0 Å². The molecule has 0 spiro atoms. The molecule has 0 aromatic heterocycles. The lowest BCUT2D eigenvalue weighted by Gasteiger charge is -2.23. The number of hydrogen-bond donors (Lipinski definition) is 3. The molecule has 3 N–H and O–H groups in total. The lowest BCUT2D eigenvalue weighted by Crippen LogP contribution is -2.46. The summed E-state index contributed by atoms with van der Waals surface area (Å²) in [4.78, 5) is 22.3. The fourth-order valence-electron chi connectivity index (χ4n) is 1.36. The van der Waals surface area contributed by atoms with E-state index in [4.69, 9.17) is 5.11 Å². The van der Waals surface area contributed by atoms with Crippen molar-refractivity contribution in [2.75, 3.05) is 13.2 Å². The molecule has 1 fully saturated rings. The molecular weight excluding hydrogens is 184 g/mol. The van der Waals surface area contributed by atoms with Gasteiger partial charge < -0.3 is 15.7 Å². The zero-order valence-electron chi connectivity index (χ0n) is 8.25. The Hall–Kier alpha value is -1.10. The van der Waals surface area contributed by atoms with Gasteiger partial charge in [-0.25, -0.2) is 0 Å². The fraction of sp³-hybridized carbons (Fsp3) is 0.778. The van der Waals surface area contributed by atoms with E-state index < -0.39 is 0 Å². The average molecular weight is 200 g/mol. The van der Waals surface area contributed by atoms with Gasteiger partial charge in [0.25, 0.3) is 0 Å². The molecule has 0 bridgehead atoms. The van der Waals surface area contributed by atoms with Gasteiger partial charge in [0.15, 0.2) is 0 Å². The van der Waals surface area contributed by atoms with Crippen LogP contribution in [0.3, 0.4) is 0 Å². The van der Waals surface area contributed by atoms with E-state index in [9.17, 15) is 9.59 Å². The van der Waals surface area contributed by atoms with Gasteiger partial charge in [0, 0.05) is 19.0 Å². The topological polar surface area (TPSA) is 78.4 Å². The third kappa shape index (κ3) is 2.99. The first kappa shape index (κ1) is 11.0. The number of carbonyl (C=O) groups is 2. The van der Waals surface area contributed by atoms with Crippen molar-refractivity contribution in [1.82, 2.24) is 10.6 Å². The van der Waals surface area contributed by atoms with Crippen LogP contribution in [0.1, 0.15) is 19.8 Å². The molecule has 5 heteroatoms. The molecule has 0 saturated carbocycles. The van der Waals surface area contributed by atoms with E-state index in [0.29, 0.717) is 19.4 Å². The van der Waals surface area contributed by atoms with Crippen molar-refractivity contribution in [2.24, 2.45) is 5.92 Å². The Morgan fingerprint density at radius 3 is 3.00 bits per heavy atom. The Balaban J connectivity index is 2.34. The second kappa shape index (κ2) is 4.95. The highest BCUT2D eigenvalue weighted by Crippen LogP contribution is 2.10. The first-order valence-corrected chi connectivity index (χ1v) is 4.81. The molecule has 14 heavy (non-hydrogen) atoms. The fourth-order valence-corrected chi connectivity index (χ4v) is 1.36. The molecule has 5 nitrogen and oxygen atoms in total. The smallest absolute Gasteiger partial charge is 0.225 e. The predicted molar refractivity (Wildman–Crippen MR) is 50.4 cm³/mol. The monoisotopic (exact) mass is 200 g/mol. The minimum atomic E-state index is -0.222. The second-order valence-corrected chi connectivity index (χ2v) is 3.63. The molecule has 1 unspecified atom stereocenters. The number of aliphatic hydroxyl groups is 1. The molecule has 0 aliphatic carbocycles. The molecule has 1 rings (SSSR count). The van der Waals surface area contributed by atoms with Gasteiger partial charge in [-0.3, -0.25) is 9.59 Å². The summed E-state index contributed by atoms with van der Waals surface area (Å²) in [7, 11) is 0. The summed E-state index contributed by atoms with van der Waals surface area (Å²) in [6.45, 7) is 2.08. The molecule has 0 radical (unpaired) electrons. The van der Waals surface area contributed by atoms with Gasteiger partial charge in [-0.05, 0) is 13.3 Å². The minimum absolute atomic E-state index is 0.00394. The molecule has 2 amide bonds. The first-order chi connectivity index (χ1) is 6.63. The van der Waals surface area contributed by atoms with Gasteiger partial charge >= 0.3 is 0 Å². The third-order valence-corrected chi connectivity index (χ3v) is 2.30. The van der Waals surface area contributed by atoms with Crippen LogP contribution in [0, 0.1) is 5.92 Å². The highest BCUT2D eigenvalue weighted by molar-refractivity contribution is 5.83. The molecule has 1 heterocycles. The predicted octanol–water partition coefficient (Wildman–Crippen LogP) is -0.990. The summed E-state index contributed by atoms with van der Waals surface area (Å²) in [6.07, 6.45) is 1.00. The Morgan fingerprint density at radius 1 is 1.79 bits per heavy atom. The van der Waals surface area contributed by atoms with Crippen LogP contribution in [0.25, 0.3) is 0 Å². The molecule has 2 atom stereocenters. The highest BCUT2D eigenvalue weighted by atomic mass is 16.3. The average Bonchev–Trinajstić information content (AvgIpc) is 2.18. The lowest BCUT2D eigenvalue weighted by atomic mass is 9.98. The van der Waals surface area contributed by atoms with Gasteiger partial charge in [-0.2, -0.15) is 0 Å². The third-order valence-electron chi connectivity index (χ3n) is 2.30. The Kier molecular flexibility index (Phi) is 3.88. The standard InChI is InChI=1S/C9H16N2O3/c1-6(5-12)11-9(14)7-2-3-8(13)10-4-7/h6-7,12H,2-5H2,1H3,(H,10,13)(H,11,14)/t6-,7?/m0/s1. The van der Waals surface area contributed by atoms with Crippen molar-refractivity contribution in [2.45, 2.75) is 25.8 Å². The molecule has 1 aliphatic heterocycles. The van der Waals surface area contributed by atoms with Crippen molar-refractivity contribution < 1.29 is 14.7 Å². The van der Waals surface area contributed by atoms with E-state index in [1.807, 2.05) is 0 Å². The largest absolute Gasteiger partial charge is 0.394 e. The summed E-state index contributed by atoms with van der Waals surface area (Å²) in [5.41, 5.74) is 0. The highest BCUT2D eigenvalue weighted by Gasteiger charge is 2.24. The zero-order valence-corrected chi connectivity index (χ0v) is 8.25. The van der Waals surface area contributed by atoms with Crippen molar-refractivity contribution in [1.29, 1.82) is 0 Å². The van der Waals surface area contributed by atoms with Crippen LogP contribution in [0.5, 0.6) is 0 Å². The van der Waals surface area contributed by atoms with Crippen molar-refractivity contribution in [3.8, 4) is 0 Å².